The van der Waals surface area contributed by atoms with Crippen molar-refractivity contribution in [3.05, 3.63) is 0 Å². The first kappa shape index (κ1) is 12.4. The third kappa shape index (κ3) is 3.23. The molecular formula is C15H29N. The first-order chi connectivity index (χ1) is 7.61. The van der Waals surface area contributed by atoms with E-state index in [2.05, 4.69) is 26.1 Å². The fraction of sp³-hybridized carbons (Fsp3) is 1.00. The molecule has 0 aromatic heterocycles. The molecule has 0 aliphatic heterocycles. The predicted octanol–water partition coefficient (Wildman–Crippen LogP) is 3.98. The van der Waals surface area contributed by atoms with Gasteiger partial charge in [-0.1, -0.05) is 26.7 Å². The van der Waals surface area contributed by atoms with Crippen LogP contribution in [-0.2, 0) is 0 Å². The molecule has 0 spiro atoms. The highest BCUT2D eigenvalue weighted by molar-refractivity contribution is 4.90. The standard InChI is InChI=1S/C15H29N/c1-12(2)10-15(8-4-5-9-15)11-16-13(3)14-6-7-14/h12-14,16H,4-11H2,1-3H3. The van der Waals surface area contributed by atoms with Gasteiger partial charge in [-0.2, -0.15) is 0 Å². The maximum atomic E-state index is 3.83. The molecule has 1 atom stereocenters. The number of hydrogen-bond acceptors (Lipinski definition) is 1. The Morgan fingerprint density at radius 1 is 1.12 bits per heavy atom. The predicted molar refractivity (Wildman–Crippen MR) is 70.5 cm³/mol. The summed E-state index contributed by atoms with van der Waals surface area (Å²) in [6, 6.07) is 0.768. The van der Waals surface area contributed by atoms with Gasteiger partial charge >= 0.3 is 0 Å². The van der Waals surface area contributed by atoms with E-state index >= 15 is 0 Å². The van der Waals surface area contributed by atoms with Crippen LogP contribution in [0.15, 0.2) is 0 Å². The van der Waals surface area contributed by atoms with Crippen molar-refractivity contribution in [1.29, 1.82) is 0 Å². The summed E-state index contributed by atoms with van der Waals surface area (Å²) >= 11 is 0. The molecule has 0 bridgehead atoms. The van der Waals surface area contributed by atoms with Gasteiger partial charge in [0, 0.05) is 12.6 Å². The van der Waals surface area contributed by atoms with Gasteiger partial charge in [0.05, 0.1) is 0 Å². The van der Waals surface area contributed by atoms with E-state index in [1.54, 1.807) is 0 Å². The molecule has 0 saturated heterocycles. The van der Waals surface area contributed by atoms with Crippen LogP contribution < -0.4 is 5.32 Å². The Bertz CT molecular complexity index is 211. The highest BCUT2D eigenvalue weighted by Crippen LogP contribution is 2.43. The Morgan fingerprint density at radius 3 is 2.25 bits per heavy atom. The SMILES string of the molecule is CC(C)CC1(CNC(C)C2CC2)CCCC1. The summed E-state index contributed by atoms with van der Waals surface area (Å²) in [5.74, 6) is 1.86. The quantitative estimate of drug-likeness (QED) is 0.718. The zero-order chi connectivity index (χ0) is 11.6. The van der Waals surface area contributed by atoms with Crippen molar-refractivity contribution in [1.82, 2.24) is 5.32 Å². The van der Waals surface area contributed by atoms with E-state index in [0.29, 0.717) is 5.41 Å². The van der Waals surface area contributed by atoms with Gasteiger partial charge in [0.15, 0.2) is 0 Å². The first-order valence-electron chi connectivity index (χ1n) is 7.35. The molecule has 16 heavy (non-hydrogen) atoms. The molecular weight excluding hydrogens is 194 g/mol. The van der Waals surface area contributed by atoms with Crippen LogP contribution in [0.25, 0.3) is 0 Å². The molecule has 1 N–H and O–H groups in total. The minimum absolute atomic E-state index is 0.650. The number of hydrogen-bond donors (Lipinski definition) is 1. The van der Waals surface area contributed by atoms with Gasteiger partial charge in [-0.3, -0.25) is 0 Å². The van der Waals surface area contributed by atoms with Gasteiger partial charge in [-0.15, -0.1) is 0 Å². The monoisotopic (exact) mass is 223 g/mol. The van der Waals surface area contributed by atoms with Gasteiger partial charge in [0.2, 0.25) is 0 Å². The molecule has 0 heterocycles. The lowest BCUT2D eigenvalue weighted by molar-refractivity contribution is 0.213. The van der Waals surface area contributed by atoms with Crippen molar-refractivity contribution in [3.8, 4) is 0 Å². The van der Waals surface area contributed by atoms with Crippen LogP contribution in [0.5, 0.6) is 0 Å². The van der Waals surface area contributed by atoms with Gasteiger partial charge in [-0.05, 0) is 56.3 Å². The smallest absolute Gasteiger partial charge is 0.00672 e. The molecule has 2 fully saturated rings. The molecule has 0 aromatic carbocycles. The lowest BCUT2D eigenvalue weighted by atomic mass is 9.78. The normalized spacial score (nSPS) is 26.2. The van der Waals surface area contributed by atoms with Gasteiger partial charge in [-0.25, -0.2) is 0 Å². The minimum atomic E-state index is 0.650. The zero-order valence-electron chi connectivity index (χ0n) is 11.4. The fourth-order valence-electron chi connectivity index (χ4n) is 3.58. The van der Waals surface area contributed by atoms with Crippen molar-refractivity contribution < 1.29 is 0 Å². The number of rotatable bonds is 6. The van der Waals surface area contributed by atoms with Crippen LogP contribution in [0, 0.1) is 17.3 Å². The van der Waals surface area contributed by atoms with Crippen LogP contribution in [0.4, 0.5) is 0 Å². The van der Waals surface area contributed by atoms with Crippen LogP contribution in [0.2, 0.25) is 0 Å². The molecule has 2 aliphatic carbocycles. The molecule has 0 amide bonds. The Kier molecular flexibility index (Phi) is 3.94. The van der Waals surface area contributed by atoms with E-state index in [1.165, 1.54) is 51.5 Å². The second kappa shape index (κ2) is 5.08. The van der Waals surface area contributed by atoms with Crippen molar-refractivity contribution in [3.63, 3.8) is 0 Å². The third-order valence-electron chi connectivity index (χ3n) is 4.63. The molecule has 2 saturated carbocycles. The Labute approximate surface area is 101 Å². The Hall–Kier alpha value is -0.0400. The lowest BCUT2D eigenvalue weighted by Crippen LogP contribution is -2.38. The molecule has 94 valence electrons. The zero-order valence-corrected chi connectivity index (χ0v) is 11.4. The molecule has 1 unspecified atom stereocenters. The average Bonchev–Trinajstić information content (AvgIpc) is 2.97. The van der Waals surface area contributed by atoms with Crippen LogP contribution >= 0.6 is 0 Å². The second-order valence-electron chi connectivity index (χ2n) is 6.81. The summed E-state index contributed by atoms with van der Waals surface area (Å²) in [5, 5.41) is 3.83. The van der Waals surface area contributed by atoms with Crippen molar-refractivity contribution in [2.24, 2.45) is 17.3 Å². The first-order valence-corrected chi connectivity index (χ1v) is 7.35. The third-order valence-corrected chi connectivity index (χ3v) is 4.63. The molecule has 2 rings (SSSR count). The molecule has 1 heteroatoms. The maximum absolute atomic E-state index is 3.83. The highest BCUT2D eigenvalue weighted by Gasteiger charge is 2.36. The largest absolute Gasteiger partial charge is 0.313 e. The van der Waals surface area contributed by atoms with Gasteiger partial charge in [0.25, 0.3) is 0 Å². The van der Waals surface area contributed by atoms with Gasteiger partial charge < -0.3 is 5.32 Å². The molecule has 1 nitrogen and oxygen atoms in total. The van der Waals surface area contributed by atoms with E-state index in [0.717, 1.165) is 17.9 Å². The summed E-state index contributed by atoms with van der Waals surface area (Å²) in [4.78, 5) is 0. The van der Waals surface area contributed by atoms with E-state index < -0.39 is 0 Å². The van der Waals surface area contributed by atoms with Crippen molar-refractivity contribution >= 4 is 0 Å². The average molecular weight is 223 g/mol. The summed E-state index contributed by atoms with van der Waals surface area (Å²) in [6.45, 7) is 8.42. The van der Waals surface area contributed by atoms with E-state index in [1.807, 2.05) is 0 Å². The van der Waals surface area contributed by atoms with E-state index in [4.69, 9.17) is 0 Å². The maximum Gasteiger partial charge on any atom is 0.00672 e. The second-order valence-corrected chi connectivity index (χ2v) is 6.81. The molecule has 0 aromatic rings. The van der Waals surface area contributed by atoms with Crippen LogP contribution in [0.1, 0.15) is 65.7 Å². The van der Waals surface area contributed by atoms with Crippen LogP contribution in [0.3, 0.4) is 0 Å². The summed E-state index contributed by atoms with van der Waals surface area (Å²) in [6.07, 6.45) is 10.2. The summed E-state index contributed by atoms with van der Waals surface area (Å²) in [5.41, 5.74) is 0.650. The topological polar surface area (TPSA) is 12.0 Å². The highest BCUT2D eigenvalue weighted by atomic mass is 14.9. The van der Waals surface area contributed by atoms with Crippen molar-refractivity contribution in [2.45, 2.75) is 71.8 Å². The number of nitrogens with one attached hydrogen (secondary N) is 1. The van der Waals surface area contributed by atoms with Gasteiger partial charge in [0.1, 0.15) is 0 Å². The van der Waals surface area contributed by atoms with E-state index in [-0.39, 0.29) is 0 Å². The Balaban J connectivity index is 1.81. The Morgan fingerprint density at radius 2 is 1.75 bits per heavy atom. The minimum Gasteiger partial charge on any atom is -0.313 e. The summed E-state index contributed by atoms with van der Waals surface area (Å²) < 4.78 is 0. The summed E-state index contributed by atoms with van der Waals surface area (Å²) in [7, 11) is 0. The molecule has 2 aliphatic rings. The molecule has 0 radical (unpaired) electrons. The van der Waals surface area contributed by atoms with Crippen LogP contribution in [-0.4, -0.2) is 12.6 Å². The fourth-order valence-corrected chi connectivity index (χ4v) is 3.58. The lowest BCUT2D eigenvalue weighted by Gasteiger charge is -2.32. The van der Waals surface area contributed by atoms with E-state index in [9.17, 15) is 0 Å². The van der Waals surface area contributed by atoms with Crippen molar-refractivity contribution in [2.75, 3.05) is 6.54 Å².